The van der Waals surface area contributed by atoms with E-state index in [1.54, 1.807) is 36.4 Å². The number of carboxylic acid groups (broad SMARTS) is 1. The molecule has 132 valence electrons. The van der Waals surface area contributed by atoms with Gasteiger partial charge in [0.2, 0.25) is 11.8 Å². The molecule has 2 aromatic carbocycles. The van der Waals surface area contributed by atoms with Gasteiger partial charge in [-0.05, 0) is 19.1 Å². The molecule has 0 saturated heterocycles. The molecule has 7 nitrogen and oxygen atoms in total. The maximum atomic E-state index is 11.8. The fraction of sp³-hybridized carbons (Fsp3) is 0.105. The Bertz CT molecular complexity index is 1050. The van der Waals surface area contributed by atoms with Gasteiger partial charge in [0.15, 0.2) is 6.04 Å². The summed E-state index contributed by atoms with van der Waals surface area (Å²) in [5.41, 5.74) is 1.24. The Balaban J connectivity index is 2.06. The van der Waals surface area contributed by atoms with Crippen molar-refractivity contribution < 1.29 is 20.1 Å². The largest absolute Gasteiger partial charge is 0.493 e. The van der Waals surface area contributed by atoms with Crippen molar-refractivity contribution in [2.45, 2.75) is 13.0 Å². The van der Waals surface area contributed by atoms with E-state index in [2.05, 4.69) is 0 Å². The van der Waals surface area contributed by atoms with Crippen LogP contribution in [0.15, 0.2) is 60.7 Å². The molecule has 0 bridgehead atoms. The minimum Gasteiger partial charge on any atom is -0.493 e. The molecule has 0 fully saturated rings. The summed E-state index contributed by atoms with van der Waals surface area (Å²) in [4.78, 5) is 11.8. The molecular formula is C19H17N3O4. The molecule has 7 heteroatoms. The van der Waals surface area contributed by atoms with Crippen LogP contribution in [-0.2, 0) is 4.79 Å². The predicted molar refractivity (Wildman–Crippen MR) is 97.9 cm³/mol. The van der Waals surface area contributed by atoms with Crippen LogP contribution in [-0.4, -0.2) is 36.7 Å². The van der Waals surface area contributed by atoms with E-state index in [-0.39, 0.29) is 11.8 Å². The van der Waals surface area contributed by atoms with E-state index in [9.17, 15) is 20.1 Å². The summed E-state index contributed by atoms with van der Waals surface area (Å²) in [5, 5.41) is 33.5. The number of benzene rings is 2. The molecule has 0 aliphatic carbocycles. The number of aromatic nitrogens is 2. The smallest absolute Gasteiger partial charge is 0.329 e. The van der Waals surface area contributed by atoms with Crippen molar-refractivity contribution in [2.75, 3.05) is 5.12 Å². The summed E-state index contributed by atoms with van der Waals surface area (Å²) < 4.78 is 2.78. The molecule has 3 N–H and O–H groups in total. The van der Waals surface area contributed by atoms with E-state index in [1.807, 2.05) is 24.3 Å². The van der Waals surface area contributed by atoms with Crippen molar-refractivity contribution in [3.8, 4) is 11.8 Å². The number of aliphatic carboxylic acids is 1. The highest BCUT2D eigenvalue weighted by molar-refractivity contribution is 5.86. The minimum atomic E-state index is -1.10. The molecule has 0 radical (unpaired) electrons. The van der Waals surface area contributed by atoms with Crippen LogP contribution in [0.25, 0.3) is 21.8 Å². The number of fused-ring (bicyclic) bond motifs is 2. The molecule has 4 rings (SSSR count). The zero-order valence-electron chi connectivity index (χ0n) is 13.9. The van der Waals surface area contributed by atoms with Crippen molar-refractivity contribution in [2.24, 2.45) is 0 Å². The zero-order valence-corrected chi connectivity index (χ0v) is 13.9. The summed E-state index contributed by atoms with van der Waals surface area (Å²) >= 11 is 0. The molecule has 0 aliphatic heterocycles. The highest BCUT2D eigenvalue weighted by Crippen LogP contribution is 2.31. The van der Waals surface area contributed by atoms with E-state index in [0.717, 1.165) is 10.8 Å². The van der Waals surface area contributed by atoms with Crippen LogP contribution in [0.4, 0.5) is 0 Å². The maximum Gasteiger partial charge on any atom is 0.329 e. The lowest BCUT2D eigenvalue weighted by molar-refractivity contribution is -0.138. The van der Waals surface area contributed by atoms with E-state index in [4.69, 9.17) is 0 Å². The topological polar surface area (TPSA) is 90.9 Å². The van der Waals surface area contributed by atoms with Gasteiger partial charge in [-0.25, -0.2) is 14.1 Å². The van der Waals surface area contributed by atoms with Crippen LogP contribution in [0.5, 0.6) is 11.8 Å². The minimum absolute atomic E-state index is 0.128. The number of nitrogens with zero attached hydrogens (tertiary/aromatic N) is 3. The van der Waals surface area contributed by atoms with E-state index in [0.29, 0.717) is 11.0 Å². The van der Waals surface area contributed by atoms with Gasteiger partial charge in [0.1, 0.15) is 0 Å². The SMILES string of the molecule is C[C@@H](C(=O)O)N(n1c(O)cc2ccccc21)n1c(O)cc2ccccc21. The third-order valence-corrected chi connectivity index (χ3v) is 4.45. The lowest BCUT2D eigenvalue weighted by Gasteiger charge is -2.32. The summed E-state index contributed by atoms with van der Waals surface area (Å²) in [7, 11) is 0. The van der Waals surface area contributed by atoms with E-state index in [1.165, 1.54) is 21.4 Å². The quantitative estimate of drug-likeness (QED) is 0.526. The van der Waals surface area contributed by atoms with Crippen LogP contribution < -0.4 is 5.12 Å². The first-order valence-corrected chi connectivity index (χ1v) is 8.10. The standard InChI is InChI=1S/C19H17N3O4/c1-12(19(25)26)22(20-15-8-4-2-6-13(15)10-17(20)23)21-16-9-5-3-7-14(16)11-18(21)24/h2-12,23-24H,1H3,(H,25,26)/t12-/m0/s1. The van der Waals surface area contributed by atoms with Crippen LogP contribution >= 0.6 is 0 Å². The fourth-order valence-electron chi connectivity index (χ4n) is 3.22. The summed E-state index contributed by atoms with van der Waals surface area (Å²) in [5.74, 6) is -1.35. The van der Waals surface area contributed by atoms with Crippen molar-refractivity contribution in [3.05, 3.63) is 60.7 Å². The normalized spacial score (nSPS) is 12.5. The zero-order chi connectivity index (χ0) is 18.4. The third-order valence-electron chi connectivity index (χ3n) is 4.45. The molecule has 26 heavy (non-hydrogen) atoms. The lowest BCUT2D eigenvalue weighted by atomic mass is 10.2. The van der Waals surface area contributed by atoms with Crippen molar-refractivity contribution in [1.29, 1.82) is 0 Å². The number of rotatable bonds is 4. The van der Waals surface area contributed by atoms with Crippen LogP contribution in [0.1, 0.15) is 6.92 Å². The number of hydrogen-bond acceptors (Lipinski definition) is 4. The second kappa shape index (κ2) is 5.73. The van der Waals surface area contributed by atoms with E-state index < -0.39 is 12.0 Å². The number of aromatic hydroxyl groups is 2. The average molecular weight is 351 g/mol. The second-order valence-corrected chi connectivity index (χ2v) is 6.08. The first kappa shape index (κ1) is 15.9. The Morgan fingerprint density at radius 3 is 1.73 bits per heavy atom. The maximum absolute atomic E-state index is 11.8. The molecule has 0 amide bonds. The molecule has 2 heterocycles. The Labute approximate surface area is 148 Å². The number of carboxylic acids is 1. The lowest BCUT2D eigenvalue weighted by Crippen LogP contribution is -2.49. The Kier molecular flexibility index (Phi) is 3.50. The molecule has 0 aliphatic rings. The molecule has 2 aromatic heterocycles. The molecule has 0 saturated carbocycles. The van der Waals surface area contributed by atoms with Crippen LogP contribution in [0.3, 0.4) is 0 Å². The van der Waals surface area contributed by atoms with Gasteiger partial charge in [-0.2, -0.15) is 5.12 Å². The van der Waals surface area contributed by atoms with Crippen molar-refractivity contribution in [3.63, 3.8) is 0 Å². The Morgan fingerprint density at radius 1 is 0.885 bits per heavy atom. The van der Waals surface area contributed by atoms with Crippen LogP contribution in [0, 0.1) is 0 Å². The van der Waals surface area contributed by atoms with Crippen molar-refractivity contribution >= 4 is 27.8 Å². The molecular weight excluding hydrogens is 334 g/mol. The number of para-hydroxylation sites is 2. The van der Waals surface area contributed by atoms with Gasteiger partial charge in [-0.15, -0.1) is 0 Å². The monoisotopic (exact) mass is 351 g/mol. The number of carbonyl (C=O) groups is 1. The predicted octanol–water partition coefficient (Wildman–Crippen LogP) is 2.88. The Hall–Kier alpha value is -3.61. The first-order valence-electron chi connectivity index (χ1n) is 8.10. The molecule has 1 atom stereocenters. The second-order valence-electron chi connectivity index (χ2n) is 6.08. The highest BCUT2D eigenvalue weighted by atomic mass is 16.4. The molecule has 0 spiro atoms. The van der Waals surface area contributed by atoms with Crippen molar-refractivity contribution in [1.82, 2.24) is 9.35 Å². The third kappa shape index (κ3) is 2.25. The van der Waals surface area contributed by atoms with E-state index >= 15 is 0 Å². The van der Waals surface area contributed by atoms with Gasteiger partial charge in [0, 0.05) is 22.9 Å². The van der Waals surface area contributed by atoms with Gasteiger partial charge in [-0.1, -0.05) is 36.4 Å². The number of hydrogen-bond donors (Lipinski definition) is 3. The Morgan fingerprint density at radius 2 is 1.31 bits per heavy atom. The molecule has 4 aromatic rings. The van der Waals surface area contributed by atoms with Gasteiger partial charge in [0.05, 0.1) is 11.0 Å². The van der Waals surface area contributed by atoms with Gasteiger partial charge in [-0.3, -0.25) is 0 Å². The molecule has 0 unspecified atom stereocenters. The highest BCUT2D eigenvalue weighted by Gasteiger charge is 2.29. The summed E-state index contributed by atoms with van der Waals surface area (Å²) in [6, 6.07) is 16.5. The van der Waals surface area contributed by atoms with Crippen LogP contribution in [0.2, 0.25) is 0 Å². The summed E-state index contributed by atoms with van der Waals surface area (Å²) in [6.45, 7) is 1.49. The average Bonchev–Trinajstić information content (AvgIpc) is 3.12. The summed E-state index contributed by atoms with van der Waals surface area (Å²) in [6.07, 6.45) is 0. The fourth-order valence-corrected chi connectivity index (χ4v) is 3.22. The first-order chi connectivity index (χ1) is 12.5. The van der Waals surface area contributed by atoms with Gasteiger partial charge in [0.25, 0.3) is 0 Å². The van der Waals surface area contributed by atoms with Gasteiger partial charge >= 0.3 is 5.97 Å². The van der Waals surface area contributed by atoms with Gasteiger partial charge < -0.3 is 15.3 Å².